The minimum atomic E-state index is -2.67. The monoisotopic (exact) mass is 372 g/mol. The van der Waals surface area contributed by atoms with Crippen molar-refractivity contribution in [1.29, 1.82) is 0 Å². The zero-order valence-electron chi connectivity index (χ0n) is 15.4. The predicted octanol–water partition coefficient (Wildman–Crippen LogP) is 3.22. The Bertz CT molecular complexity index is 703. The standard InChI is InChI=1S/C21H25FO3Si/c1-21(2,3)26(17-10-6-4-7-11-17,18-12-8-5-9-13-18)24-15-16-14-19(22)20(23)25-16/h4-13,16,19H,14-15H2,1-3H3/t16-,19?/m1/s1. The molecule has 0 aromatic heterocycles. The molecule has 0 aliphatic carbocycles. The Hall–Kier alpha value is -1.98. The first kappa shape index (κ1) is 18.8. The number of hydrogen-bond donors (Lipinski definition) is 0. The van der Waals surface area contributed by atoms with Crippen LogP contribution in [0.25, 0.3) is 0 Å². The van der Waals surface area contributed by atoms with E-state index in [0.717, 1.165) is 10.4 Å². The molecule has 5 heteroatoms. The summed E-state index contributed by atoms with van der Waals surface area (Å²) in [6.07, 6.45) is -2.00. The van der Waals surface area contributed by atoms with Crippen LogP contribution in [0.2, 0.25) is 5.04 Å². The van der Waals surface area contributed by atoms with Gasteiger partial charge in [0.25, 0.3) is 8.32 Å². The summed E-state index contributed by atoms with van der Waals surface area (Å²) in [6, 6.07) is 20.4. The van der Waals surface area contributed by atoms with Crippen LogP contribution >= 0.6 is 0 Å². The van der Waals surface area contributed by atoms with Crippen molar-refractivity contribution >= 4 is 24.7 Å². The van der Waals surface area contributed by atoms with E-state index < -0.39 is 26.6 Å². The van der Waals surface area contributed by atoms with Gasteiger partial charge in [-0.2, -0.15) is 0 Å². The summed E-state index contributed by atoms with van der Waals surface area (Å²) in [6.45, 7) is 6.74. The summed E-state index contributed by atoms with van der Waals surface area (Å²) in [5.41, 5.74) is 0. The molecule has 1 aliphatic heterocycles. The van der Waals surface area contributed by atoms with E-state index in [1.54, 1.807) is 0 Å². The SMILES string of the molecule is CC(C)(C)[Si](OC[C@H]1CC(F)C(=O)O1)(c1ccccc1)c1ccccc1. The molecule has 1 saturated heterocycles. The number of alkyl halides is 1. The Kier molecular flexibility index (Phi) is 5.30. The van der Waals surface area contributed by atoms with Crippen LogP contribution in [0.3, 0.4) is 0 Å². The number of benzene rings is 2. The minimum absolute atomic E-state index is 0.0665. The van der Waals surface area contributed by atoms with Gasteiger partial charge in [-0.1, -0.05) is 81.4 Å². The van der Waals surface area contributed by atoms with Crippen molar-refractivity contribution in [3.05, 3.63) is 60.7 Å². The predicted molar refractivity (Wildman–Crippen MR) is 103 cm³/mol. The maximum atomic E-state index is 13.5. The highest BCUT2D eigenvalue weighted by Crippen LogP contribution is 2.37. The van der Waals surface area contributed by atoms with Crippen molar-refractivity contribution < 1.29 is 18.3 Å². The molecule has 3 rings (SSSR count). The smallest absolute Gasteiger partial charge is 0.341 e. The molecular formula is C21H25FO3Si. The molecule has 0 radical (unpaired) electrons. The highest BCUT2D eigenvalue weighted by molar-refractivity contribution is 6.99. The summed E-state index contributed by atoms with van der Waals surface area (Å²) in [7, 11) is -2.67. The lowest BCUT2D eigenvalue weighted by Crippen LogP contribution is -2.67. The van der Waals surface area contributed by atoms with Crippen LogP contribution in [0, 0.1) is 0 Å². The van der Waals surface area contributed by atoms with Gasteiger partial charge in [0.2, 0.25) is 6.17 Å². The minimum Gasteiger partial charge on any atom is -0.458 e. The second-order valence-electron chi connectivity index (χ2n) is 7.74. The molecule has 2 aromatic rings. The molecule has 0 saturated carbocycles. The molecule has 138 valence electrons. The van der Waals surface area contributed by atoms with Crippen LogP contribution < -0.4 is 10.4 Å². The fraction of sp³-hybridized carbons (Fsp3) is 0.381. The summed E-state index contributed by atoms with van der Waals surface area (Å²) in [4.78, 5) is 11.4. The molecular weight excluding hydrogens is 347 g/mol. The summed E-state index contributed by atoms with van der Waals surface area (Å²) in [5.74, 6) is -0.777. The highest BCUT2D eigenvalue weighted by Gasteiger charge is 2.51. The second kappa shape index (κ2) is 7.33. The normalized spacial score (nSPS) is 20.8. The number of cyclic esters (lactones) is 1. The third kappa shape index (κ3) is 3.46. The molecule has 1 heterocycles. The molecule has 3 nitrogen and oxygen atoms in total. The van der Waals surface area contributed by atoms with Crippen molar-refractivity contribution in [2.24, 2.45) is 0 Å². The van der Waals surface area contributed by atoms with Gasteiger partial charge in [0.1, 0.15) is 6.10 Å². The third-order valence-electron chi connectivity index (χ3n) is 4.91. The Balaban J connectivity index is 2.02. The van der Waals surface area contributed by atoms with Crippen LogP contribution in [-0.2, 0) is 14.0 Å². The second-order valence-corrected chi connectivity index (χ2v) is 12.0. The van der Waals surface area contributed by atoms with Gasteiger partial charge in [-0.25, -0.2) is 9.18 Å². The van der Waals surface area contributed by atoms with Crippen LogP contribution in [0.5, 0.6) is 0 Å². The van der Waals surface area contributed by atoms with Gasteiger partial charge >= 0.3 is 5.97 Å². The van der Waals surface area contributed by atoms with Crippen LogP contribution in [-0.4, -0.2) is 33.2 Å². The van der Waals surface area contributed by atoms with Gasteiger partial charge in [-0.05, 0) is 15.4 Å². The van der Waals surface area contributed by atoms with Crippen molar-refractivity contribution in [2.45, 2.75) is 44.5 Å². The van der Waals surface area contributed by atoms with Crippen LogP contribution in [0.4, 0.5) is 4.39 Å². The average Bonchev–Trinajstić information content (AvgIpc) is 2.94. The van der Waals surface area contributed by atoms with E-state index in [2.05, 4.69) is 45.0 Å². The van der Waals surface area contributed by atoms with Crippen molar-refractivity contribution in [1.82, 2.24) is 0 Å². The number of rotatable bonds is 5. The van der Waals surface area contributed by atoms with E-state index in [4.69, 9.17) is 9.16 Å². The van der Waals surface area contributed by atoms with E-state index in [1.165, 1.54) is 0 Å². The van der Waals surface area contributed by atoms with Crippen molar-refractivity contribution in [3.8, 4) is 0 Å². The molecule has 26 heavy (non-hydrogen) atoms. The van der Waals surface area contributed by atoms with E-state index >= 15 is 0 Å². The first-order valence-electron chi connectivity index (χ1n) is 8.94. The van der Waals surface area contributed by atoms with E-state index in [-0.39, 0.29) is 18.1 Å². The number of esters is 1. The Morgan fingerprint density at radius 3 is 1.92 bits per heavy atom. The van der Waals surface area contributed by atoms with Crippen molar-refractivity contribution in [2.75, 3.05) is 6.61 Å². The first-order valence-corrected chi connectivity index (χ1v) is 10.8. The number of carbonyl (C=O) groups excluding carboxylic acids is 1. The number of hydrogen-bond acceptors (Lipinski definition) is 3. The largest absolute Gasteiger partial charge is 0.458 e. The maximum absolute atomic E-state index is 13.5. The molecule has 0 N–H and O–H groups in total. The van der Waals surface area contributed by atoms with E-state index in [0.29, 0.717) is 0 Å². The molecule has 1 aliphatic rings. The van der Waals surface area contributed by atoms with Gasteiger partial charge in [0, 0.05) is 6.42 Å². The first-order chi connectivity index (χ1) is 12.3. The number of carbonyl (C=O) groups is 1. The lowest BCUT2D eigenvalue weighted by molar-refractivity contribution is -0.145. The van der Waals surface area contributed by atoms with Crippen LogP contribution in [0.1, 0.15) is 27.2 Å². The van der Waals surface area contributed by atoms with Gasteiger partial charge in [0.15, 0.2) is 0 Å². The van der Waals surface area contributed by atoms with Crippen molar-refractivity contribution in [3.63, 3.8) is 0 Å². The molecule has 0 amide bonds. The molecule has 1 unspecified atom stereocenters. The zero-order chi connectivity index (χ0) is 18.8. The molecule has 0 spiro atoms. The molecule has 1 fully saturated rings. The van der Waals surface area contributed by atoms with Crippen LogP contribution in [0.15, 0.2) is 60.7 Å². The molecule has 0 bridgehead atoms. The Labute approximate surface area is 155 Å². The fourth-order valence-corrected chi connectivity index (χ4v) is 8.29. The van der Waals surface area contributed by atoms with Gasteiger partial charge in [-0.3, -0.25) is 0 Å². The van der Waals surface area contributed by atoms with Gasteiger partial charge in [-0.15, -0.1) is 0 Å². The topological polar surface area (TPSA) is 35.5 Å². The van der Waals surface area contributed by atoms with E-state index in [1.807, 2.05) is 36.4 Å². The molecule has 2 aromatic carbocycles. The molecule has 2 atom stereocenters. The fourth-order valence-electron chi connectivity index (χ4n) is 3.69. The maximum Gasteiger partial charge on any atom is 0.341 e. The Morgan fingerprint density at radius 2 is 1.54 bits per heavy atom. The van der Waals surface area contributed by atoms with E-state index in [9.17, 15) is 9.18 Å². The zero-order valence-corrected chi connectivity index (χ0v) is 16.4. The highest BCUT2D eigenvalue weighted by atomic mass is 28.4. The third-order valence-corrected chi connectivity index (χ3v) is 9.92. The van der Waals surface area contributed by atoms with Gasteiger partial charge < -0.3 is 9.16 Å². The summed E-state index contributed by atoms with van der Waals surface area (Å²) in [5, 5.41) is 2.15. The summed E-state index contributed by atoms with van der Waals surface area (Å²) < 4.78 is 25.3. The lowest BCUT2D eigenvalue weighted by Gasteiger charge is -2.43. The Morgan fingerprint density at radius 1 is 1.04 bits per heavy atom. The lowest BCUT2D eigenvalue weighted by atomic mass is 10.2. The quantitative estimate of drug-likeness (QED) is 0.597. The average molecular weight is 373 g/mol. The number of halogens is 1. The van der Waals surface area contributed by atoms with Gasteiger partial charge in [0.05, 0.1) is 6.61 Å². The summed E-state index contributed by atoms with van der Waals surface area (Å²) >= 11 is 0. The number of ether oxygens (including phenoxy) is 1.